The average Bonchev–Trinajstić information content (AvgIpc) is 2.26. The molecule has 0 saturated carbocycles. The Labute approximate surface area is 100 Å². The summed E-state index contributed by atoms with van der Waals surface area (Å²) < 4.78 is 0. The molecule has 16 heavy (non-hydrogen) atoms. The second kappa shape index (κ2) is 4.18. The van der Waals surface area contributed by atoms with Gasteiger partial charge in [0.1, 0.15) is 5.75 Å². The van der Waals surface area contributed by atoms with Crippen LogP contribution >= 0.6 is 11.6 Å². The van der Waals surface area contributed by atoms with Gasteiger partial charge >= 0.3 is 0 Å². The maximum atomic E-state index is 9.24. The van der Waals surface area contributed by atoms with Crippen LogP contribution in [0.15, 0.2) is 36.4 Å². The number of rotatable bonds is 1. The van der Waals surface area contributed by atoms with E-state index >= 15 is 0 Å². The highest BCUT2D eigenvalue weighted by Crippen LogP contribution is 2.28. The molecule has 0 atom stereocenters. The molecule has 1 N–H and O–H groups in total. The fourth-order valence-electron chi connectivity index (χ4n) is 1.77. The predicted molar refractivity (Wildman–Crippen MR) is 68.0 cm³/mol. The lowest BCUT2D eigenvalue weighted by atomic mass is 10.0. The van der Waals surface area contributed by atoms with Crippen LogP contribution in [0, 0.1) is 13.8 Å². The zero-order chi connectivity index (χ0) is 11.7. The maximum absolute atomic E-state index is 9.24. The van der Waals surface area contributed by atoms with Crippen molar-refractivity contribution < 1.29 is 5.11 Å². The van der Waals surface area contributed by atoms with Gasteiger partial charge in [-0.05, 0) is 60.4 Å². The molecule has 2 heteroatoms. The van der Waals surface area contributed by atoms with E-state index in [1.807, 2.05) is 26.0 Å². The summed E-state index contributed by atoms with van der Waals surface area (Å²) in [5.41, 5.74) is 4.36. The molecule has 0 amide bonds. The number of aromatic hydroxyl groups is 1. The normalized spacial score (nSPS) is 10.4. The molecule has 0 aliphatic carbocycles. The standard InChI is InChI=1S/C14H13ClO/c1-9-7-12(8-10(2)14(9)15)11-3-5-13(16)6-4-11/h3-8,16H,1-2H3. The topological polar surface area (TPSA) is 20.2 Å². The Morgan fingerprint density at radius 2 is 1.38 bits per heavy atom. The van der Waals surface area contributed by atoms with Crippen molar-refractivity contribution >= 4 is 11.6 Å². The minimum atomic E-state index is 0.283. The quantitative estimate of drug-likeness (QED) is 0.776. The second-order valence-electron chi connectivity index (χ2n) is 3.97. The zero-order valence-corrected chi connectivity index (χ0v) is 10.0. The predicted octanol–water partition coefficient (Wildman–Crippen LogP) is 4.33. The molecule has 0 spiro atoms. The lowest BCUT2D eigenvalue weighted by molar-refractivity contribution is 0.475. The number of benzene rings is 2. The van der Waals surface area contributed by atoms with E-state index in [0.29, 0.717) is 0 Å². The molecular formula is C14H13ClO. The highest BCUT2D eigenvalue weighted by Gasteiger charge is 2.04. The number of phenols is 1. The van der Waals surface area contributed by atoms with Crippen LogP contribution in [0.1, 0.15) is 11.1 Å². The Kier molecular flexibility index (Phi) is 2.88. The molecule has 82 valence electrons. The number of phenolic OH excluding ortho intramolecular Hbond substituents is 1. The number of aryl methyl sites for hydroxylation is 2. The van der Waals surface area contributed by atoms with Crippen molar-refractivity contribution in [2.24, 2.45) is 0 Å². The van der Waals surface area contributed by atoms with Gasteiger partial charge in [0.15, 0.2) is 0 Å². The van der Waals surface area contributed by atoms with Crippen LogP contribution in [0.25, 0.3) is 11.1 Å². The first-order chi connectivity index (χ1) is 7.58. The van der Waals surface area contributed by atoms with Crippen LogP contribution < -0.4 is 0 Å². The van der Waals surface area contributed by atoms with E-state index < -0.39 is 0 Å². The molecule has 2 rings (SSSR count). The molecular weight excluding hydrogens is 220 g/mol. The molecule has 2 aromatic carbocycles. The molecule has 0 aliphatic rings. The van der Waals surface area contributed by atoms with Gasteiger partial charge in [-0.15, -0.1) is 0 Å². The van der Waals surface area contributed by atoms with Gasteiger partial charge in [-0.1, -0.05) is 23.7 Å². The van der Waals surface area contributed by atoms with E-state index in [-0.39, 0.29) is 5.75 Å². The number of hydrogen-bond donors (Lipinski definition) is 1. The highest BCUT2D eigenvalue weighted by molar-refractivity contribution is 6.32. The third-order valence-corrected chi connectivity index (χ3v) is 3.23. The van der Waals surface area contributed by atoms with E-state index in [9.17, 15) is 5.11 Å². The molecule has 0 heterocycles. The second-order valence-corrected chi connectivity index (χ2v) is 4.35. The Morgan fingerprint density at radius 3 is 1.88 bits per heavy atom. The summed E-state index contributed by atoms with van der Waals surface area (Å²) in [4.78, 5) is 0. The molecule has 0 unspecified atom stereocenters. The van der Waals surface area contributed by atoms with Crippen LogP contribution in [0.5, 0.6) is 5.75 Å². The van der Waals surface area contributed by atoms with Crippen molar-refractivity contribution in [3.63, 3.8) is 0 Å². The molecule has 0 bridgehead atoms. The summed E-state index contributed by atoms with van der Waals surface area (Å²) in [6.07, 6.45) is 0. The van der Waals surface area contributed by atoms with Crippen LogP contribution in [-0.4, -0.2) is 5.11 Å². The van der Waals surface area contributed by atoms with Crippen LogP contribution in [0.2, 0.25) is 5.02 Å². The van der Waals surface area contributed by atoms with Crippen molar-refractivity contribution in [2.75, 3.05) is 0 Å². The van der Waals surface area contributed by atoms with Gasteiger partial charge in [0, 0.05) is 5.02 Å². The Balaban J connectivity index is 2.52. The van der Waals surface area contributed by atoms with E-state index in [1.165, 1.54) is 0 Å². The van der Waals surface area contributed by atoms with Gasteiger partial charge in [-0.25, -0.2) is 0 Å². The SMILES string of the molecule is Cc1cc(-c2ccc(O)cc2)cc(C)c1Cl. The van der Waals surface area contributed by atoms with Gasteiger partial charge in [0.25, 0.3) is 0 Å². The summed E-state index contributed by atoms with van der Waals surface area (Å²) in [6.45, 7) is 4.00. The lowest BCUT2D eigenvalue weighted by Crippen LogP contribution is -1.85. The van der Waals surface area contributed by atoms with Gasteiger partial charge in [-0.2, -0.15) is 0 Å². The van der Waals surface area contributed by atoms with Gasteiger partial charge < -0.3 is 5.11 Å². The van der Waals surface area contributed by atoms with Crippen LogP contribution in [-0.2, 0) is 0 Å². The monoisotopic (exact) mass is 232 g/mol. The molecule has 2 aromatic rings. The van der Waals surface area contributed by atoms with Crippen molar-refractivity contribution in [1.82, 2.24) is 0 Å². The van der Waals surface area contributed by atoms with E-state index in [1.54, 1.807) is 12.1 Å². The maximum Gasteiger partial charge on any atom is 0.115 e. The third-order valence-electron chi connectivity index (χ3n) is 2.64. The van der Waals surface area contributed by atoms with Crippen molar-refractivity contribution in [3.8, 4) is 16.9 Å². The smallest absolute Gasteiger partial charge is 0.115 e. The van der Waals surface area contributed by atoms with Crippen molar-refractivity contribution in [2.45, 2.75) is 13.8 Å². The fourth-order valence-corrected chi connectivity index (χ4v) is 1.88. The van der Waals surface area contributed by atoms with Crippen LogP contribution in [0.4, 0.5) is 0 Å². The summed E-state index contributed by atoms with van der Waals surface area (Å²) >= 11 is 6.12. The molecule has 0 radical (unpaired) electrons. The third kappa shape index (κ3) is 2.05. The Hall–Kier alpha value is -1.47. The summed E-state index contributed by atoms with van der Waals surface area (Å²) in [6, 6.07) is 11.3. The first kappa shape index (κ1) is 11.0. The summed E-state index contributed by atoms with van der Waals surface area (Å²) in [7, 11) is 0. The zero-order valence-electron chi connectivity index (χ0n) is 9.29. The average molecular weight is 233 g/mol. The Morgan fingerprint density at radius 1 is 0.875 bits per heavy atom. The minimum Gasteiger partial charge on any atom is -0.508 e. The van der Waals surface area contributed by atoms with Gasteiger partial charge in [-0.3, -0.25) is 0 Å². The first-order valence-electron chi connectivity index (χ1n) is 5.14. The molecule has 0 fully saturated rings. The largest absolute Gasteiger partial charge is 0.508 e. The van der Waals surface area contributed by atoms with Crippen LogP contribution in [0.3, 0.4) is 0 Å². The summed E-state index contributed by atoms with van der Waals surface area (Å²) in [5.74, 6) is 0.283. The summed E-state index contributed by atoms with van der Waals surface area (Å²) in [5, 5.41) is 10.1. The molecule has 0 aliphatic heterocycles. The van der Waals surface area contributed by atoms with Gasteiger partial charge in [0.2, 0.25) is 0 Å². The molecule has 0 saturated heterocycles. The Bertz CT molecular complexity index is 492. The van der Waals surface area contributed by atoms with Crippen molar-refractivity contribution in [1.29, 1.82) is 0 Å². The minimum absolute atomic E-state index is 0.283. The lowest BCUT2D eigenvalue weighted by Gasteiger charge is -2.08. The number of hydrogen-bond acceptors (Lipinski definition) is 1. The molecule has 1 nitrogen and oxygen atoms in total. The van der Waals surface area contributed by atoms with E-state index in [0.717, 1.165) is 27.3 Å². The number of halogens is 1. The fraction of sp³-hybridized carbons (Fsp3) is 0.143. The molecule has 0 aromatic heterocycles. The van der Waals surface area contributed by atoms with E-state index in [4.69, 9.17) is 11.6 Å². The first-order valence-corrected chi connectivity index (χ1v) is 5.52. The van der Waals surface area contributed by atoms with Gasteiger partial charge in [0.05, 0.1) is 0 Å². The van der Waals surface area contributed by atoms with E-state index in [2.05, 4.69) is 12.1 Å². The van der Waals surface area contributed by atoms with Crippen molar-refractivity contribution in [3.05, 3.63) is 52.5 Å². The highest BCUT2D eigenvalue weighted by atomic mass is 35.5.